The van der Waals surface area contributed by atoms with Gasteiger partial charge in [0.05, 0.1) is 0 Å². The van der Waals surface area contributed by atoms with E-state index in [1.54, 1.807) is 0 Å². The van der Waals surface area contributed by atoms with E-state index in [1.807, 2.05) is 13.8 Å². The molecule has 0 aromatic carbocycles. The van der Waals surface area contributed by atoms with Gasteiger partial charge in [0.25, 0.3) is 0 Å². The van der Waals surface area contributed by atoms with Crippen molar-refractivity contribution < 1.29 is 0 Å². The van der Waals surface area contributed by atoms with E-state index in [0.717, 1.165) is 0 Å². The summed E-state index contributed by atoms with van der Waals surface area (Å²) in [6, 6.07) is 0. The summed E-state index contributed by atoms with van der Waals surface area (Å²) in [5.74, 6) is 0. The molecule has 0 rings (SSSR count). The Labute approximate surface area is 44.8 Å². The summed E-state index contributed by atoms with van der Waals surface area (Å²) in [5.41, 5.74) is 0. The number of halogens is 1. The Morgan fingerprint density at radius 3 is 1.40 bits per heavy atom. The van der Waals surface area contributed by atoms with Crippen molar-refractivity contribution >= 4 is 25.0 Å². The third-order valence-electron chi connectivity index (χ3n) is 0. The van der Waals surface area contributed by atoms with Gasteiger partial charge >= 0.3 is 0 Å². The normalized spacial score (nSPS) is 7.20. The lowest BCUT2D eigenvalue weighted by molar-refractivity contribution is 1.13. The van der Waals surface area contributed by atoms with Crippen molar-refractivity contribution in [3.8, 4) is 0 Å². The fraction of sp³-hybridized carbons (Fsp3) is 1.00. The second kappa shape index (κ2) is 4.64. The van der Waals surface area contributed by atoms with E-state index < -0.39 is 0 Å². The maximum Gasteiger partial charge on any atom is 0.00945 e. The molecule has 0 nitrogen and oxygen atoms in total. The molecule has 1 radical (unpaired) electrons. The van der Waals surface area contributed by atoms with Gasteiger partial charge in [0.2, 0.25) is 0 Å². The predicted octanol–water partition coefficient (Wildman–Crippen LogP) is 2.01. The van der Waals surface area contributed by atoms with Crippen LogP contribution in [-0.2, 0) is 0 Å². The van der Waals surface area contributed by atoms with Crippen LogP contribution in [0.4, 0.5) is 0 Å². The molecule has 2 heteroatoms. The Bertz CT molecular complexity index is 11.6. The first-order valence-corrected chi connectivity index (χ1v) is 1.86. The molecule has 0 aromatic rings. The summed E-state index contributed by atoms with van der Waals surface area (Å²) in [7, 11) is 0. The lowest BCUT2D eigenvalue weighted by atomic mass is 10.6. The highest BCUT2D eigenvalue weighted by molar-refractivity contribution is 7.80. The Morgan fingerprint density at radius 2 is 1.40 bits per heavy atom. The second-order valence-electron chi connectivity index (χ2n) is 1.05. The van der Waals surface area contributed by atoms with Gasteiger partial charge in [-0.05, 0) is 0 Å². The smallest absolute Gasteiger partial charge is 0.00945 e. The molecule has 5 heavy (non-hydrogen) atoms. The Hall–Kier alpha value is 0.640. The lowest BCUT2D eigenvalue weighted by Gasteiger charge is -1.76. The summed E-state index contributed by atoms with van der Waals surface area (Å²) in [6.45, 7) is 3.96. The third kappa shape index (κ3) is 79.0. The molecular formula is C3H8ClS. The van der Waals surface area contributed by atoms with Gasteiger partial charge in [-0.1, -0.05) is 26.5 Å². The average molecular weight is 112 g/mol. The minimum Gasteiger partial charge on any atom is -0.147 e. The van der Waals surface area contributed by atoms with Crippen LogP contribution in [-0.4, -0.2) is 5.25 Å². The van der Waals surface area contributed by atoms with Crippen molar-refractivity contribution in [1.82, 2.24) is 0 Å². The molecule has 0 spiro atoms. The molecule has 0 aliphatic rings. The van der Waals surface area contributed by atoms with Crippen LogP contribution in [0.5, 0.6) is 0 Å². The summed E-state index contributed by atoms with van der Waals surface area (Å²) < 4.78 is 0. The van der Waals surface area contributed by atoms with Crippen LogP contribution in [0.2, 0.25) is 0 Å². The van der Waals surface area contributed by atoms with E-state index in [4.69, 9.17) is 0 Å². The molecule has 0 bridgehead atoms. The monoisotopic (exact) mass is 111 g/mol. The van der Waals surface area contributed by atoms with E-state index >= 15 is 0 Å². The maximum absolute atomic E-state index is 4.62. The quantitative estimate of drug-likeness (QED) is 0.449. The van der Waals surface area contributed by atoms with E-state index in [9.17, 15) is 0 Å². The molecule has 0 aliphatic heterocycles. The van der Waals surface area contributed by atoms with E-state index in [2.05, 4.69) is 12.6 Å². The molecule has 0 fully saturated rings. The second-order valence-corrected chi connectivity index (χ2v) is 1.99. The van der Waals surface area contributed by atoms with Crippen LogP contribution in [0.25, 0.3) is 0 Å². The summed E-state index contributed by atoms with van der Waals surface area (Å²) in [4.78, 5) is 0. The van der Waals surface area contributed by atoms with Gasteiger partial charge in [-0.15, -0.1) is 12.4 Å². The fourth-order valence-electron chi connectivity index (χ4n) is 0. The maximum atomic E-state index is 4.62. The predicted molar refractivity (Wildman–Crippen MR) is 30.0 cm³/mol. The van der Waals surface area contributed by atoms with Crippen molar-refractivity contribution in [3.63, 3.8) is 0 Å². The highest BCUT2D eigenvalue weighted by atomic mass is 35.5. The molecule has 0 unspecified atom stereocenters. The molecule has 0 amide bonds. The zero-order valence-corrected chi connectivity index (χ0v) is 5.03. The van der Waals surface area contributed by atoms with Gasteiger partial charge in [0.1, 0.15) is 0 Å². The van der Waals surface area contributed by atoms with E-state index in [1.165, 1.54) is 0 Å². The first-order chi connectivity index (χ1) is 1.73. The first kappa shape index (κ1) is 9.16. The number of hydrogen-bond acceptors (Lipinski definition) is 0. The molecule has 0 heterocycles. The molecule has 33 valence electrons. The Kier molecular flexibility index (Phi) is 8.50. The molecule has 0 aromatic heterocycles. The van der Waals surface area contributed by atoms with Crippen LogP contribution < -0.4 is 0 Å². The third-order valence-corrected chi connectivity index (χ3v) is 0. The van der Waals surface area contributed by atoms with Crippen LogP contribution in [0.1, 0.15) is 13.8 Å². The van der Waals surface area contributed by atoms with Crippen LogP contribution in [0, 0.1) is 0 Å². The molecule has 0 saturated heterocycles. The Morgan fingerprint density at radius 1 is 1.40 bits per heavy atom. The van der Waals surface area contributed by atoms with Crippen molar-refractivity contribution in [2.45, 2.75) is 19.1 Å². The van der Waals surface area contributed by atoms with Crippen molar-refractivity contribution in [1.29, 1.82) is 0 Å². The minimum absolute atomic E-state index is 0. The molecular weight excluding hydrogens is 104 g/mol. The van der Waals surface area contributed by atoms with Gasteiger partial charge in [0, 0.05) is 5.25 Å². The van der Waals surface area contributed by atoms with Crippen molar-refractivity contribution in [2.75, 3.05) is 0 Å². The van der Waals surface area contributed by atoms with Crippen LogP contribution in [0.15, 0.2) is 0 Å². The van der Waals surface area contributed by atoms with Crippen LogP contribution in [0.3, 0.4) is 0 Å². The SMILES string of the molecule is CC(C)[S].Cl. The number of hydrogen-bond donors (Lipinski definition) is 0. The zero-order valence-electron chi connectivity index (χ0n) is 3.39. The standard InChI is InChI=1S/C3H7S.ClH/c1-3(2)4;/h3H,1-2H3;1H. The summed E-state index contributed by atoms with van der Waals surface area (Å²) in [5, 5.41) is 0.417. The summed E-state index contributed by atoms with van der Waals surface area (Å²) in [6.07, 6.45) is 0. The first-order valence-electron chi connectivity index (χ1n) is 1.39. The zero-order chi connectivity index (χ0) is 3.58. The van der Waals surface area contributed by atoms with E-state index in [-0.39, 0.29) is 12.4 Å². The number of rotatable bonds is 0. The topological polar surface area (TPSA) is 0 Å². The van der Waals surface area contributed by atoms with Crippen LogP contribution >= 0.6 is 25.0 Å². The molecule has 0 N–H and O–H groups in total. The molecule has 0 saturated carbocycles. The van der Waals surface area contributed by atoms with Gasteiger partial charge in [0.15, 0.2) is 0 Å². The average Bonchev–Trinajstić information content (AvgIpc) is 0.811. The summed E-state index contributed by atoms with van der Waals surface area (Å²) >= 11 is 4.62. The Balaban J connectivity index is 0. The van der Waals surface area contributed by atoms with Gasteiger partial charge in [-0.3, -0.25) is 0 Å². The molecule has 0 aliphatic carbocycles. The van der Waals surface area contributed by atoms with Gasteiger partial charge in [-0.25, -0.2) is 0 Å². The lowest BCUT2D eigenvalue weighted by Crippen LogP contribution is -1.71. The minimum atomic E-state index is 0. The van der Waals surface area contributed by atoms with Crippen molar-refractivity contribution in [3.05, 3.63) is 0 Å². The highest BCUT2D eigenvalue weighted by Crippen LogP contribution is 1.83. The largest absolute Gasteiger partial charge is 0.147 e. The van der Waals surface area contributed by atoms with E-state index in [0.29, 0.717) is 5.25 Å². The fourth-order valence-corrected chi connectivity index (χ4v) is 0. The van der Waals surface area contributed by atoms with Crippen molar-refractivity contribution in [2.24, 2.45) is 0 Å². The van der Waals surface area contributed by atoms with Gasteiger partial charge < -0.3 is 0 Å². The van der Waals surface area contributed by atoms with Gasteiger partial charge in [-0.2, -0.15) is 0 Å². The highest BCUT2D eigenvalue weighted by Gasteiger charge is 1.71. The molecule has 0 atom stereocenters.